The van der Waals surface area contributed by atoms with Crippen molar-refractivity contribution in [2.75, 3.05) is 17.4 Å². The van der Waals surface area contributed by atoms with E-state index in [0.29, 0.717) is 17.7 Å². The van der Waals surface area contributed by atoms with Gasteiger partial charge in [0.1, 0.15) is 16.5 Å². The van der Waals surface area contributed by atoms with E-state index in [-0.39, 0.29) is 36.9 Å². The third-order valence-electron chi connectivity index (χ3n) is 6.99. The standard InChI is InChI=1S/C24H24BF4N4O3S2/c1-25-33(23-31-8-11-37-23)38(34,35)22-14-21-16(13-17(22)26)19(6-10-36-21)32-9-5-15(24(27,28)29)12-20(32)18-4-2-3-7-30-18/h2-4,7-8,11,13-15,19-20H,5-6,9-10,12H2,1H3/t15-,19+,20+/m1/s1. The highest BCUT2D eigenvalue weighted by Gasteiger charge is 2.47. The number of nitrogens with zero attached hydrogens (tertiary/aromatic N) is 4. The van der Waals surface area contributed by atoms with Crippen LogP contribution in [0.25, 0.3) is 0 Å². The van der Waals surface area contributed by atoms with E-state index >= 15 is 4.39 Å². The van der Waals surface area contributed by atoms with E-state index in [2.05, 4.69) is 9.97 Å². The number of aromatic nitrogens is 2. The van der Waals surface area contributed by atoms with Crippen molar-refractivity contribution >= 4 is 33.9 Å². The molecule has 38 heavy (non-hydrogen) atoms. The van der Waals surface area contributed by atoms with E-state index in [4.69, 9.17) is 4.74 Å². The predicted octanol–water partition coefficient (Wildman–Crippen LogP) is 5.38. The molecule has 0 unspecified atom stereocenters. The minimum atomic E-state index is -4.34. The summed E-state index contributed by atoms with van der Waals surface area (Å²) >= 11 is 1.09. The number of hydrogen-bond acceptors (Lipinski definition) is 7. The normalized spacial score (nSPS) is 22.4. The molecule has 14 heteroatoms. The molecule has 5 rings (SSSR count). The van der Waals surface area contributed by atoms with Crippen molar-refractivity contribution in [1.29, 1.82) is 0 Å². The Labute approximate surface area is 222 Å². The number of piperidine rings is 1. The lowest BCUT2D eigenvalue weighted by molar-refractivity contribution is -0.192. The second kappa shape index (κ2) is 10.5. The lowest BCUT2D eigenvalue weighted by atomic mass is 9.85. The first kappa shape index (κ1) is 26.9. The molecule has 1 aromatic carbocycles. The Kier molecular flexibility index (Phi) is 7.40. The summed E-state index contributed by atoms with van der Waals surface area (Å²) in [7, 11) is -3.05. The summed E-state index contributed by atoms with van der Waals surface area (Å²) in [6.07, 6.45) is -1.20. The van der Waals surface area contributed by atoms with Crippen molar-refractivity contribution in [2.24, 2.45) is 5.92 Å². The molecule has 3 atom stereocenters. The minimum absolute atomic E-state index is 0.0937. The maximum absolute atomic E-state index is 15.5. The van der Waals surface area contributed by atoms with Crippen LogP contribution in [-0.4, -0.2) is 50.0 Å². The van der Waals surface area contributed by atoms with Gasteiger partial charge in [0.05, 0.1) is 24.3 Å². The molecule has 0 bridgehead atoms. The average molecular weight is 567 g/mol. The molecule has 7 nitrogen and oxygen atoms in total. The summed E-state index contributed by atoms with van der Waals surface area (Å²) in [6.45, 7) is 1.83. The zero-order chi connectivity index (χ0) is 27.1. The molecule has 2 aromatic heterocycles. The van der Waals surface area contributed by atoms with Gasteiger partial charge in [-0.3, -0.25) is 14.1 Å². The number of anilines is 1. The molecule has 0 saturated carbocycles. The Balaban J connectivity index is 1.52. The maximum atomic E-state index is 15.5. The summed E-state index contributed by atoms with van der Waals surface area (Å²) in [6, 6.07) is 6.30. The molecular formula is C24H24BF4N4O3S2. The molecule has 0 N–H and O–H groups in total. The first-order chi connectivity index (χ1) is 18.1. The highest BCUT2D eigenvalue weighted by Crippen LogP contribution is 2.48. The van der Waals surface area contributed by atoms with E-state index in [1.165, 1.54) is 20.4 Å². The maximum Gasteiger partial charge on any atom is 0.391 e. The molecule has 3 aromatic rings. The zero-order valence-electron chi connectivity index (χ0n) is 20.3. The fraction of sp³-hybridized carbons (Fsp3) is 0.417. The lowest BCUT2D eigenvalue weighted by Gasteiger charge is -2.45. The van der Waals surface area contributed by atoms with Crippen LogP contribution in [0, 0.1) is 11.7 Å². The van der Waals surface area contributed by atoms with Crippen molar-refractivity contribution in [3.8, 4) is 5.75 Å². The number of likely N-dealkylation sites (tertiary alicyclic amines) is 1. The summed E-state index contributed by atoms with van der Waals surface area (Å²) in [4.78, 5) is 9.70. The van der Waals surface area contributed by atoms with Crippen LogP contribution in [0.2, 0.25) is 6.82 Å². The van der Waals surface area contributed by atoms with Crippen molar-refractivity contribution in [3.63, 3.8) is 0 Å². The summed E-state index contributed by atoms with van der Waals surface area (Å²) in [5.74, 6) is -2.26. The summed E-state index contributed by atoms with van der Waals surface area (Å²) in [5.41, 5.74) is 0.909. The van der Waals surface area contributed by atoms with Gasteiger partial charge in [-0.15, -0.1) is 11.3 Å². The zero-order valence-corrected chi connectivity index (χ0v) is 21.9. The second-order valence-electron chi connectivity index (χ2n) is 9.12. The van der Waals surface area contributed by atoms with E-state index in [1.54, 1.807) is 29.8 Å². The molecule has 0 aliphatic carbocycles. The number of fused-ring (bicyclic) bond motifs is 1. The Morgan fingerprint density at radius 2 is 1.97 bits per heavy atom. The van der Waals surface area contributed by atoms with Crippen molar-refractivity contribution in [2.45, 2.75) is 49.2 Å². The number of hydrogen-bond donors (Lipinski definition) is 0. The molecule has 2 aliphatic heterocycles. The number of rotatable bonds is 6. The van der Waals surface area contributed by atoms with Gasteiger partial charge in [0.2, 0.25) is 0 Å². The molecule has 4 heterocycles. The van der Waals surface area contributed by atoms with E-state index < -0.39 is 44.9 Å². The first-order valence-corrected chi connectivity index (χ1v) is 14.4. The number of alkyl halides is 3. The topological polar surface area (TPSA) is 75.6 Å². The van der Waals surface area contributed by atoms with Crippen LogP contribution in [0.3, 0.4) is 0 Å². The van der Waals surface area contributed by atoms with Crippen molar-refractivity contribution < 1.29 is 30.7 Å². The van der Waals surface area contributed by atoms with Crippen LogP contribution in [0.5, 0.6) is 5.75 Å². The lowest BCUT2D eigenvalue weighted by Crippen LogP contribution is -2.44. The first-order valence-electron chi connectivity index (χ1n) is 12.0. The SMILES string of the molecule is C[B]N(c1nccs1)S(=O)(=O)c1cc2c(cc1F)[C@@H](N1CC[C@@H](C(F)(F)F)C[C@H]1c1ccccn1)CCO2. The van der Waals surface area contributed by atoms with Crippen LogP contribution >= 0.6 is 11.3 Å². The summed E-state index contributed by atoms with van der Waals surface area (Å²) < 4.78 is 89.9. The van der Waals surface area contributed by atoms with Gasteiger partial charge in [-0.1, -0.05) is 12.9 Å². The Morgan fingerprint density at radius 3 is 2.63 bits per heavy atom. The van der Waals surface area contributed by atoms with Gasteiger partial charge in [-0.25, -0.2) is 17.8 Å². The van der Waals surface area contributed by atoms with Crippen LogP contribution in [-0.2, 0) is 10.0 Å². The second-order valence-corrected chi connectivity index (χ2v) is 11.8. The van der Waals surface area contributed by atoms with Gasteiger partial charge in [0.15, 0.2) is 5.13 Å². The molecule has 1 saturated heterocycles. The van der Waals surface area contributed by atoms with Gasteiger partial charge >= 0.3 is 6.18 Å². The third-order valence-corrected chi connectivity index (χ3v) is 9.64. The smallest absolute Gasteiger partial charge is 0.391 e. The molecule has 2 aliphatic rings. The van der Waals surface area contributed by atoms with E-state index in [1.807, 2.05) is 4.90 Å². The number of pyridine rings is 1. The fourth-order valence-electron chi connectivity index (χ4n) is 5.21. The highest BCUT2D eigenvalue weighted by atomic mass is 32.2. The Morgan fingerprint density at radius 1 is 1.16 bits per heavy atom. The average Bonchev–Trinajstić information content (AvgIpc) is 3.42. The van der Waals surface area contributed by atoms with E-state index in [0.717, 1.165) is 27.7 Å². The van der Waals surface area contributed by atoms with Gasteiger partial charge in [0, 0.05) is 48.4 Å². The number of ether oxygens (including phenoxy) is 1. The van der Waals surface area contributed by atoms with Crippen LogP contribution < -0.4 is 8.95 Å². The number of benzene rings is 1. The van der Waals surface area contributed by atoms with Crippen molar-refractivity contribution in [1.82, 2.24) is 14.9 Å². The van der Waals surface area contributed by atoms with Crippen molar-refractivity contribution in [3.05, 3.63) is 65.2 Å². The number of halogens is 4. The van der Waals surface area contributed by atoms with Gasteiger partial charge in [-0.05, 0) is 31.0 Å². The van der Waals surface area contributed by atoms with Gasteiger partial charge in [0.25, 0.3) is 17.4 Å². The largest absolute Gasteiger partial charge is 0.493 e. The summed E-state index contributed by atoms with van der Waals surface area (Å²) in [5, 5.41) is 1.77. The monoisotopic (exact) mass is 567 g/mol. The molecule has 201 valence electrons. The molecule has 0 spiro atoms. The molecule has 0 amide bonds. The van der Waals surface area contributed by atoms with Gasteiger partial charge < -0.3 is 4.74 Å². The quantitative estimate of drug-likeness (QED) is 0.294. The van der Waals surface area contributed by atoms with Crippen LogP contribution in [0.1, 0.15) is 42.6 Å². The number of sulfonamides is 1. The van der Waals surface area contributed by atoms with Crippen LogP contribution in [0.4, 0.5) is 22.7 Å². The molecular weight excluding hydrogens is 543 g/mol. The highest BCUT2D eigenvalue weighted by molar-refractivity contribution is 7.94. The Bertz CT molecular complexity index is 1380. The minimum Gasteiger partial charge on any atom is -0.493 e. The number of thiazole rings is 1. The Hall–Kier alpha value is -2.71. The van der Waals surface area contributed by atoms with E-state index in [9.17, 15) is 21.6 Å². The van der Waals surface area contributed by atoms with Gasteiger partial charge in [-0.2, -0.15) is 13.2 Å². The predicted molar refractivity (Wildman–Crippen MR) is 135 cm³/mol. The van der Waals surface area contributed by atoms with Crippen LogP contribution in [0.15, 0.2) is 53.0 Å². The fourth-order valence-corrected chi connectivity index (χ4v) is 7.52. The third kappa shape index (κ3) is 5.01. The molecule has 1 radical (unpaired) electrons. The molecule has 1 fully saturated rings.